The van der Waals surface area contributed by atoms with Gasteiger partial charge in [-0.25, -0.2) is 0 Å². The molecule has 1 aromatic carbocycles. The number of H-pyrrole nitrogens is 1. The monoisotopic (exact) mass is 366 g/mol. The first kappa shape index (κ1) is 17.4. The van der Waals surface area contributed by atoms with E-state index in [9.17, 15) is 23.1 Å². The van der Waals surface area contributed by atoms with Crippen LogP contribution in [0.5, 0.6) is 0 Å². The lowest BCUT2D eigenvalue weighted by atomic mass is 10.0. The van der Waals surface area contributed by atoms with Gasteiger partial charge in [0, 0.05) is 28.7 Å². The van der Waals surface area contributed by atoms with Crippen molar-refractivity contribution < 1.29 is 18.3 Å². The van der Waals surface area contributed by atoms with E-state index in [0.717, 1.165) is 25.7 Å². The van der Waals surface area contributed by atoms with Gasteiger partial charge in [0.1, 0.15) is 0 Å². The minimum absolute atomic E-state index is 0.0200. The van der Waals surface area contributed by atoms with Gasteiger partial charge in [-0.1, -0.05) is 0 Å². The van der Waals surface area contributed by atoms with Crippen molar-refractivity contribution in [1.29, 1.82) is 0 Å². The largest absolute Gasteiger partial charge is 0.417 e. The number of aliphatic hydroxyl groups is 1. The van der Waals surface area contributed by atoms with E-state index in [-0.39, 0.29) is 23.0 Å². The van der Waals surface area contributed by atoms with E-state index in [1.54, 1.807) is 6.07 Å². The second-order valence-electron chi connectivity index (χ2n) is 7.50. The smallest absolute Gasteiger partial charge is 0.391 e. The summed E-state index contributed by atoms with van der Waals surface area (Å²) in [6, 6.07) is 5.41. The highest BCUT2D eigenvalue weighted by Crippen LogP contribution is 2.42. The number of nitrogens with zero attached hydrogens (tertiary/aromatic N) is 1. The summed E-state index contributed by atoms with van der Waals surface area (Å²) in [6.07, 6.45) is -1.31. The highest BCUT2D eigenvalue weighted by molar-refractivity contribution is 5.86. The molecule has 7 heteroatoms. The van der Waals surface area contributed by atoms with Crippen LogP contribution in [0, 0.1) is 5.92 Å². The molecular formula is C19H21F3N2O2. The second kappa shape index (κ2) is 6.01. The molecule has 140 valence electrons. The zero-order valence-electron chi connectivity index (χ0n) is 14.4. The molecule has 1 aliphatic heterocycles. The lowest BCUT2D eigenvalue weighted by molar-refractivity contribution is -0.136. The number of fused-ring (bicyclic) bond motifs is 1. The third kappa shape index (κ3) is 2.98. The minimum atomic E-state index is -4.60. The van der Waals surface area contributed by atoms with Crippen LogP contribution in [0.4, 0.5) is 18.9 Å². The van der Waals surface area contributed by atoms with Crippen LogP contribution >= 0.6 is 0 Å². The van der Waals surface area contributed by atoms with Gasteiger partial charge in [-0.05, 0) is 56.7 Å². The van der Waals surface area contributed by atoms with E-state index in [1.807, 2.05) is 11.8 Å². The van der Waals surface area contributed by atoms with Crippen LogP contribution < -0.4 is 10.5 Å². The number of alkyl halides is 3. The standard InChI is InChI=1S/C19H21F3N2O2/c1-10-2-7-16(18(26)11-3-4-11)24(10)12-5-6-15-13(8-12)14(19(20,21)22)9-17(25)23-15/h5-6,8-11,16,18,26H,2-4,7H2,1H3,(H,23,25)/t10?,16?,18-/m1/s1. The third-order valence-corrected chi connectivity index (χ3v) is 5.64. The maximum absolute atomic E-state index is 13.4. The molecule has 2 aromatic rings. The van der Waals surface area contributed by atoms with Crippen molar-refractivity contribution in [3.05, 3.63) is 40.2 Å². The number of anilines is 1. The number of benzene rings is 1. The Morgan fingerprint density at radius 2 is 1.92 bits per heavy atom. The topological polar surface area (TPSA) is 56.3 Å². The normalized spacial score (nSPS) is 25.0. The van der Waals surface area contributed by atoms with Crippen LogP contribution in [0.15, 0.2) is 29.1 Å². The first-order valence-corrected chi connectivity index (χ1v) is 8.96. The Kier molecular flexibility index (Phi) is 4.02. The Balaban J connectivity index is 1.81. The minimum Gasteiger partial charge on any atom is -0.391 e. The van der Waals surface area contributed by atoms with E-state index < -0.39 is 23.4 Å². The van der Waals surface area contributed by atoms with Crippen LogP contribution in [-0.4, -0.2) is 28.3 Å². The van der Waals surface area contributed by atoms with Crippen molar-refractivity contribution in [2.24, 2.45) is 5.92 Å². The van der Waals surface area contributed by atoms with Gasteiger partial charge in [0.2, 0.25) is 5.56 Å². The Hall–Kier alpha value is -2.02. The molecule has 2 aliphatic rings. The highest BCUT2D eigenvalue weighted by Gasteiger charge is 2.42. The maximum atomic E-state index is 13.4. The van der Waals surface area contributed by atoms with Crippen LogP contribution in [0.2, 0.25) is 0 Å². The Labute approximate surface area is 148 Å². The molecule has 1 aliphatic carbocycles. The molecule has 0 spiro atoms. The Morgan fingerprint density at radius 1 is 1.19 bits per heavy atom. The number of rotatable bonds is 3. The highest BCUT2D eigenvalue weighted by atomic mass is 19.4. The average Bonchev–Trinajstić information content (AvgIpc) is 3.35. The molecule has 2 N–H and O–H groups in total. The van der Waals surface area contributed by atoms with Gasteiger partial charge in [0.15, 0.2) is 0 Å². The van der Waals surface area contributed by atoms with Crippen molar-refractivity contribution in [3.63, 3.8) is 0 Å². The first-order chi connectivity index (χ1) is 12.3. The van der Waals surface area contributed by atoms with Crippen molar-refractivity contribution in [2.75, 3.05) is 4.90 Å². The third-order valence-electron chi connectivity index (χ3n) is 5.64. The molecule has 2 unspecified atom stereocenters. The fraction of sp³-hybridized carbons (Fsp3) is 0.526. The SMILES string of the molecule is CC1CCC([C@H](O)C2CC2)N1c1ccc2[nH]c(=O)cc(C(F)(F)F)c2c1. The second-order valence-corrected chi connectivity index (χ2v) is 7.50. The number of aromatic amines is 1. The molecule has 0 bridgehead atoms. The number of hydrogen-bond acceptors (Lipinski definition) is 3. The fourth-order valence-corrected chi connectivity index (χ4v) is 4.19. The summed E-state index contributed by atoms with van der Waals surface area (Å²) in [5, 5.41) is 10.6. The molecular weight excluding hydrogens is 345 g/mol. The van der Waals surface area contributed by atoms with Crippen LogP contribution in [-0.2, 0) is 6.18 Å². The van der Waals surface area contributed by atoms with Crippen molar-refractivity contribution in [3.8, 4) is 0 Å². The molecule has 2 heterocycles. The molecule has 4 rings (SSSR count). The fourth-order valence-electron chi connectivity index (χ4n) is 4.19. The van der Waals surface area contributed by atoms with E-state index in [0.29, 0.717) is 17.7 Å². The van der Waals surface area contributed by atoms with Gasteiger partial charge < -0.3 is 15.0 Å². The number of aromatic nitrogens is 1. The van der Waals surface area contributed by atoms with Gasteiger partial charge in [-0.15, -0.1) is 0 Å². The molecule has 0 amide bonds. The first-order valence-electron chi connectivity index (χ1n) is 8.96. The van der Waals surface area contributed by atoms with E-state index >= 15 is 0 Å². The quantitative estimate of drug-likeness (QED) is 0.871. The van der Waals surface area contributed by atoms with E-state index in [1.165, 1.54) is 12.1 Å². The molecule has 4 nitrogen and oxygen atoms in total. The lowest BCUT2D eigenvalue weighted by Gasteiger charge is -2.34. The lowest BCUT2D eigenvalue weighted by Crippen LogP contribution is -2.43. The van der Waals surface area contributed by atoms with Crippen molar-refractivity contribution in [2.45, 2.75) is 57.0 Å². The molecule has 1 aromatic heterocycles. The molecule has 3 atom stereocenters. The summed E-state index contributed by atoms with van der Waals surface area (Å²) in [7, 11) is 0. The zero-order chi connectivity index (χ0) is 18.6. The molecule has 26 heavy (non-hydrogen) atoms. The van der Waals surface area contributed by atoms with E-state index in [2.05, 4.69) is 4.98 Å². The summed E-state index contributed by atoms with van der Waals surface area (Å²) in [6.45, 7) is 2.03. The summed E-state index contributed by atoms with van der Waals surface area (Å²) in [4.78, 5) is 16.1. The number of aliphatic hydroxyl groups excluding tert-OH is 1. The number of pyridine rings is 1. The number of hydrogen-bond donors (Lipinski definition) is 2. The molecule has 1 saturated heterocycles. The molecule has 1 saturated carbocycles. The zero-order valence-corrected chi connectivity index (χ0v) is 14.4. The van der Waals surface area contributed by atoms with Crippen molar-refractivity contribution in [1.82, 2.24) is 4.98 Å². The summed E-state index contributed by atoms with van der Waals surface area (Å²) in [5.41, 5.74) is -0.872. The van der Waals surface area contributed by atoms with Gasteiger partial charge in [0.05, 0.1) is 17.7 Å². The van der Waals surface area contributed by atoms with Gasteiger partial charge >= 0.3 is 6.18 Å². The van der Waals surface area contributed by atoms with Crippen LogP contribution in [0.25, 0.3) is 10.9 Å². The molecule has 2 fully saturated rings. The number of nitrogens with one attached hydrogen (secondary N) is 1. The van der Waals surface area contributed by atoms with E-state index in [4.69, 9.17) is 0 Å². The maximum Gasteiger partial charge on any atom is 0.417 e. The number of halogens is 3. The predicted molar refractivity (Wildman–Crippen MR) is 93.3 cm³/mol. The van der Waals surface area contributed by atoms with Crippen molar-refractivity contribution >= 4 is 16.6 Å². The molecule has 0 radical (unpaired) electrons. The Bertz CT molecular complexity index is 888. The van der Waals surface area contributed by atoms with Gasteiger partial charge in [-0.2, -0.15) is 13.2 Å². The Morgan fingerprint density at radius 3 is 2.58 bits per heavy atom. The van der Waals surface area contributed by atoms with Gasteiger partial charge in [0.25, 0.3) is 0 Å². The van der Waals surface area contributed by atoms with Crippen LogP contribution in [0.3, 0.4) is 0 Å². The summed E-state index contributed by atoms with van der Waals surface area (Å²) < 4.78 is 40.2. The summed E-state index contributed by atoms with van der Waals surface area (Å²) >= 11 is 0. The van der Waals surface area contributed by atoms with Crippen LogP contribution in [0.1, 0.15) is 38.2 Å². The van der Waals surface area contributed by atoms with Gasteiger partial charge in [-0.3, -0.25) is 4.79 Å². The predicted octanol–water partition coefficient (Wildman–Crippen LogP) is 3.68. The summed E-state index contributed by atoms with van der Waals surface area (Å²) in [5.74, 6) is 0.301. The average molecular weight is 366 g/mol.